The van der Waals surface area contributed by atoms with Gasteiger partial charge in [0.1, 0.15) is 11.9 Å². The molecule has 12 heteroatoms. The Morgan fingerprint density at radius 2 is 1.82 bits per heavy atom. The van der Waals surface area contributed by atoms with Crippen LogP contribution in [0.15, 0.2) is 67.1 Å². The molecule has 1 aliphatic rings. The molecule has 1 aliphatic heterocycles. The van der Waals surface area contributed by atoms with Gasteiger partial charge in [0.15, 0.2) is 0 Å². The van der Waals surface area contributed by atoms with Gasteiger partial charge in [-0.15, -0.1) is 0 Å². The topological polar surface area (TPSA) is 123 Å². The van der Waals surface area contributed by atoms with Crippen LogP contribution >= 0.6 is 0 Å². The number of carbonyl (C=O) groups is 1. The number of piperazine rings is 1. The van der Waals surface area contributed by atoms with Gasteiger partial charge < -0.3 is 20.3 Å². The van der Waals surface area contributed by atoms with Crippen molar-refractivity contribution in [1.82, 2.24) is 25.1 Å². The van der Waals surface area contributed by atoms with Gasteiger partial charge in [0.25, 0.3) is 0 Å². The molecule has 0 unspecified atom stereocenters. The Morgan fingerprint density at radius 1 is 1.11 bits per heavy atom. The molecule has 3 N–H and O–H groups in total. The summed E-state index contributed by atoms with van der Waals surface area (Å²) in [6.45, 7) is 4.33. The van der Waals surface area contributed by atoms with E-state index < -0.39 is 12.1 Å². The highest BCUT2D eigenvalue weighted by atomic mass is 19.4. The van der Waals surface area contributed by atoms with Crippen molar-refractivity contribution in [2.24, 2.45) is 0 Å². The monoisotopic (exact) mass is 523 g/mol. The van der Waals surface area contributed by atoms with Crippen molar-refractivity contribution in [3.63, 3.8) is 0 Å². The maximum atomic E-state index is 10.6. The lowest BCUT2D eigenvalue weighted by molar-refractivity contribution is -0.192. The second-order valence-electron chi connectivity index (χ2n) is 8.44. The van der Waals surface area contributed by atoms with Gasteiger partial charge >= 0.3 is 12.1 Å². The Hall–Kier alpha value is -4.63. The van der Waals surface area contributed by atoms with Crippen molar-refractivity contribution in [3.05, 3.63) is 78.2 Å². The molecule has 0 amide bonds. The van der Waals surface area contributed by atoms with Crippen LogP contribution in [-0.2, 0) is 11.3 Å². The van der Waals surface area contributed by atoms with Crippen molar-refractivity contribution in [3.8, 4) is 28.6 Å². The smallest absolute Gasteiger partial charge is 0.475 e. The number of benzene rings is 1. The fourth-order valence-corrected chi connectivity index (χ4v) is 3.93. The van der Waals surface area contributed by atoms with Gasteiger partial charge in [-0.1, -0.05) is 30.3 Å². The summed E-state index contributed by atoms with van der Waals surface area (Å²) in [6.07, 6.45) is 0.577. The van der Waals surface area contributed by atoms with Crippen LogP contribution in [0, 0.1) is 11.3 Å². The van der Waals surface area contributed by atoms with E-state index in [4.69, 9.17) is 9.90 Å². The second-order valence-corrected chi connectivity index (χ2v) is 8.44. The van der Waals surface area contributed by atoms with E-state index in [2.05, 4.69) is 43.5 Å². The van der Waals surface area contributed by atoms with E-state index in [0.717, 1.165) is 61.1 Å². The minimum atomic E-state index is -5.08. The third-order valence-corrected chi connectivity index (χ3v) is 5.78. The highest BCUT2D eigenvalue weighted by molar-refractivity contribution is 5.73. The molecule has 1 aromatic carbocycles. The summed E-state index contributed by atoms with van der Waals surface area (Å²) < 4.78 is 33.7. The van der Waals surface area contributed by atoms with Gasteiger partial charge in [-0.25, -0.2) is 4.79 Å². The molecule has 0 radical (unpaired) electrons. The number of anilines is 1. The van der Waals surface area contributed by atoms with E-state index >= 15 is 0 Å². The highest BCUT2D eigenvalue weighted by Gasteiger charge is 2.38. The third kappa shape index (κ3) is 6.57. The van der Waals surface area contributed by atoms with Crippen molar-refractivity contribution in [1.29, 1.82) is 5.26 Å². The zero-order chi connectivity index (χ0) is 27.1. The lowest BCUT2D eigenvalue weighted by Gasteiger charge is -2.28. The van der Waals surface area contributed by atoms with E-state index in [1.807, 2.05) is 53.5 Å². The number of halogens is 3. The average molecular weight is 524 g/mol. The predicted octanol–water partition coefficient (Wildman–Crippen LogP) is 3.90. The number of nitrogens with one attached hydrogen (secondary N) is 2. The van der Waals surface area contributed by atoms with Crippen LogP contribution < -0.4 is 10.2 Å². The van der Waals surface area contributed by atoms with Gasteiger partial charge in [0, 0.05) is 55.4 Å². The number of aromatic amines is 1. The van der Waals surface area contributed by atoms with Crippen LogP contribution in [0.5, 0.6) is 0 Å². The summed E-state index contributed by atoms with van der Waals surface area (Å²) in [5, 5.41) is 24.6. The number of nitriles is 1. The molecule has 0 aliphatic carbocycles. The number of aromatic nitrogens is 4. The zero-order valence-electron chi connectivity index (χ0n) is 20.1. The number of aliphatic carboxylic acids is 1. The first kappa shape index (κ1) is 26.4. The molecule has 0 bridgehead atoms. The lowest BCUT2D eigenvalue weighted by atomic mass is 10.1. The van der Waals surface area contributed by atoms with E-state index in [9.17, 15) is 18.4 Å². The zero-order valence-corrected chi connectivity index (χ0v) is 20.1. The maximum Gasteiger partial charge on any atom is 0.490 e. The first-order chi connectivity index (χ1) is 18.2. The Kier molecular flexibility index (Phi) is 8.08. The van der Waals surface area contributed by atoms with Gasteiger partial charge in [0.2, 0.25) is 0 Å². The lowest BCUT2D eigenvalue weighted by Crippen LogP contribution is -2.44. The van der Waals surface area contributed by atoms with Crippen molar-refractivity contribution < 1.29 is 23.1 Å². The van der Waals surface area contributed by atoms with E-state index in [1.165, 1.54) is 5.56 Å². The second kappa shape index (κ2) is 11.6. The fraction of sp³-hybridized carbons (Fsp3) is 0.231. The quantitative estimate of drug-likeness (QED) is 0.363. The number of carboxylic acid groups (broad SMARTS) is 1. The van der Waals surface area contributed by atoms with E-state index in [0.29, 0.717) is 5.56 Å². The molecule has 1 fully saturated rings. The molecule has 4 heterocycles. The number of H-pyrrole nitrogens is 1. The van der Waals surface area contributed by atoms with Gasteiger partial charge in [-0.05, 0) is 23.8 Å². The normalized spacial score (nSPS) is 13.4. The Balaban J connectivity index is 0.000000426. The minimum absolute atomic E-state index is 0.672. The Morgan fingerprint density at radius 3 is 2.47 bits per heavy atom. The summed E-state index contributed by atoms with van der Waals surface area (Å²) in [7, 11) is 0. The molecule has 0 saturated carbocycles. The van der Waals surface area contributed by atoms with E-state index in [-0.39, 0.29) is 0 Å². The number of alkyl halides is 3. The van der Waals surface area contributed by atoms with Crippen molar-refractivity contribution in [2.75, 3.05) is 31.1 Å². The first-order valence-corrected chi connectivity index (χ1v) is 11.7. The molecular formula is C26H24F3N7O2. The van der Waals surface area contributed by atoms with Crippen LogP contribution in [0.3, 0.4) is 0 Å². The molecule has 0 atom stereocenters. The first-order valence-electron chi connectivity index (χ1n) is 11.7. The number of nitrogens with zero attached hydrogens (tertiary/aromatic N) is 5. The Labute approximate surface area is 216 Å². The maximum absolute atomic E-state index is 10.6. The van der Waals surface area contributed by atoms with Gasteiger partial charge in [-0.2, -0.15) is 23.5 Å². The molecular weight excluding hydrogens is 499 g/mol. The summed E-state index contributed by atoms with van der Waals surface area (Å²) in [6, 6.07) is 18.5. The number of rotatable bonds is 5. The number of pyridine rings is 1. The molecule has 3 aromatic heterocycles. The number of hydrogen-bond acceptors (Lipinski definition) is 6. The third-order valence-electron chi connectivity index (χ3n) is 5.78. The fourth-order valence-electron chi connectivity index (χ4n) is 3.93. The molecule has 5 rings (SSSR count). The standard InChI is InChI=1S/C24H23N7.C2HF3O2/c25-14-20-13-23(29-24(20)30-10-8-26-9-11-30)19-6-7-27-22(12-19)21-15-28-31(17-21)16-18-4-2-1-3-5-18;3-2(4,5)1(6)7/h1-7,12-13,15,17,26,29H,8-11,16H2;(H,6,7). The molecule has 196 valence electrons. The largest absolute Gasteiger partial charge is 0.490 e. The SMILES string of the molecule is N#Cc1cc(-c2ccnc(-c3cnn(Cc4ccccc4)c3)c2)[nH]c1N1CCNCC1.O=C(O)C(F)(F)F. The summed E-state index contributed by atoms with van der Waals surface area (Å²) in [5.41, 5.74) is 5.62. The van der Waals surface area contributed by atoms with Crippen LogP contribution in [0.4, 0.5) is 19.0 Å². The molecule has 9 nitrogen and oxygen atoms in total. The highest BCUT2D eigenvalue weighted by Crippen LogP contribution is 2.29. The average Bonchev–Trinajstić information content (AvgIpc) is 3.57. The summed E-state index contributed by atoms with van der Waals surface area (Å²) in [5.74, 6) is -1.86. The van der Waals surface area contributed by atoms with E-state index in [1.54, 1.807) is 6.20 Å². The molecule has 1 saturated heterocycles. The number of carboxylic acids is 1. The summed E-state index contributed by atoms with van der Waals surface area (Å²) >= 11 is 0. The van der Waals surface area contributed by atoms with Crippen LogP contribution in [0.2, 0.25) is 0 Å². The Bertz CT molecular complexity index is 1420. The van der Waals surface area contributed by atoms with Crippen LogP contribution in [0.25, 0.3) is 22.5 Å². The molecule has 38 heavy (non-hydrogen) atoms. The van der Waals surface area contributed by atoms with Gasteiger partial charge in [-0.3, -0.25) is 9.67 Å². The van der Waals surface area contributed by atoms with Gasteiger partial charge in [0.05, 0.1) is 24.0 Å². The van der Waals surface area contributed by atoms with Crippen molar-refractivity contribution >= 4 is 11.8 Å². The molecule has 0 spiro atoms. The van der Waals surface area contributed by atoms with Crippen LogP contribution in [0.1, 0.15) is 11.1 Å². The summed E-state index contributed by atoms with van der Waals surface area (Å²) in [4.78, 5) is 19.1. The van der Waals surface area contributed by atoms with Crippen LogP contribution in [-0.4, -0.2) is 63.2 Å². The van der Waals surface area contributed by atoms with Crippen molar-refractivity contribution in [2.45, 2.75) is 12.7 Å². The minimum Gasteiger partial charge on any atom is -0.475 e. The predicted molar refractivity (Wildman–Crippen MR) is 134 cm³/mol. The number of hydrogen-bond donors (Lipinski definition) is 3. The molecule has 4 aromatic rings.